The van der Waals surface area contributed by atoms with Gasteiger partial charge in [-0.1, -0.05) is 67.0 Å². The number of hydrogen-bond donors (Lipinski definition) is 4. The number of nitro groups is 2. The third-order valence-corrected chi connectivity index (χ3v) is 16.0. The predicted octanol–water partition coefficient (Wildman–Crippen LogP) is 13.6. The summed E-state index contributed by atoms with van der Waals surface area (Å²) in [6.07, 6.45) is 4.26. The number of fused-ring (bicyclic) bond motifs is 1. The van der Waals surface area contributed by atoms with Crippen LogP contribution in [0.2, 0.25) is 20.1 Å². The van der Waals surface area contributed by atoms with Crippen molar-refractivity contribution in [2.75, 3.05) is 60.3 Å². The average Bonchev–Trinajstić information content (AvgIpc) is 1.58. The van der Waals surface area contributed by atoms with Crippen molar-refractivity contribution in [1.82, 2.24) is 30.2 Å². The average molecular weight is 1600 g/mol. The Hall–Kier alpha value is -6.76. The number of nitrogens with one attached hydrogen (secondary N) is 3. The van der Waals surface area contributed by atoms with Gasteiger partial charge in [0.25, 0.3) is 11.4 Å². The Morgan fingerprint density at radius 1 is 0.574 bits per heavy atom. The Bertz CT molecular complexity index is 4560. The number of aryl methyl sites for hydroxylation is 9. The van der Waals surface area contributed by atoms with Crippen LogP contribution in [0, 0.1) is 79.2 Å². The number of anilines is 4. The minimum atomic E-state index is -3.43. The first kappa shape index (κ1) is 83.3. The summed E-state index contributed by atoms with van der Waals surface area (Å²) in [5, 5.41) is 60.2. The van der Waals surface area contributed by atoms with Crippen LogP contribution in [0.5, 0.6) is 0 Å². The zero-order valence-corrected chi connectivity index (χ0v) is 63.1. The number of nitrogens with two attached hydrogens (primary N) is 1. The largest absolute Gasteiger partial charge is 2.00 e. The molecular weight excluding hydrogens is 1540 g/mol. The number of halogens is 6. The van der Waals surface area contributed by atoms with E-state index < -0.39 is 39.9 Å². The zero-order valence-electron chi connectivity index (χ0n) is 52.5. The van der Waals surface area contributed by atoms with E-state index in [1.165, 1.54) is 18.5 Å². The fourth-order valence-electron chi connectivity index (χ4n) is 8.44. The van der Waals surface area contributed by atoms with Crippen LogP contribution in [0.1, 0.15) is 45.8 Å². The summed E-state index contributed by atoms with van der Waals surface area (Å²) >= 11 is 31.1. The fraction of sp³-hybridized carbons (Fsp3) is 0.278. The number of nitro benzene ring substituents is 2. The molecule has 0 fully saturated rings. The van der Waals surface area contributed by atoms with E-state index in [0.29, 0.717) is 80.8 Å². The molecule has 0 spiro atoms. The van der Waals surface area contributed by atoms with Gasteiger partial charge in [-0.25, -0.2) is 30.2 Å². The number of imidazole rings is 1. The van der Waals surface area contributed by atoms with E-state index in [1.807, 2.05) is 68.5 Å². The minimum absolute atomic E-state index is 0. The number of sulfonamides is 3. The van der Waals surface area contributed by atoms with Gasteiger partial charge in [-0.3, -0.25) is 25.0 Å². The second-order valence-corrected chi connectivity index (χ2v) is 26.7. The molecule has 9 aromatic rings. The molecule has 40 heteroatoms. The Labute approximate surface area is 608 Å². The smallest absolute Gasteiger partial charge is 0.422 e. The van der Waals surface area contributed by atoms with E-state index in [1.54, 1.807) is 71.6 Å². The van der Waals surface area contributed by atoms with Crippen molar-refractivity contribution in [2.24, 2.45) is 15.8 Å². The Balaban J connectivity index is 0.000000396. The number of hydrogen-bond acceptors (Lipinski definition) is 22. The molecule has 0 unspecified atom stereocenters. The number of alkyl halides is 1. The van der Waals surface area contributed by atoms with Gasteiger partial charge >= 0.3 is 37.7 Å². The molecule has 94 heavy (non-hydrogen) atoms. The molecule has 4 aromatic carbocycles. The number of nitrogens with zero attached hydrogens (tertiary/aromatic N) is 12. The summed E-state index contributed by atoms with van der Waals surface area (Å²) in [6.45, 7) is 14.5. The van der Waals surface area contributed by atoms with Crippen molar-refractivity contribution in [3.8, 4) is 44.5 Å². The van der Waals surface area contributed by atoms with E-state index in [2.05, 4.69) is 61.4 Å². The van der Waals surface area contributed by atoms with Gasteiger partial charge in [0.15, 0.2) is 20.0 Å². The number of rotatable bonds is 12. The molecule has 0 saturated carbocycles. The molecule has 5 N–H and O–H groups in total. The minimum Gasteiger partial charge on any atom is -0.422 e. The van der Waals surface area contributed by atoms with Crippen LogP contribution < -0.4 is 21.1 Å². The quantitative estimate of drug-likeness (QED) is 0.0168. The maximum atomic E-state index is 11.4. The first-order chi connectivity index (χ1) is 43.2. The summed E-state index contributed by atoms with van der Waals surface area (Å²) in [5.74, 6) is 2.86. The first-order valence-electron chi connectivity index (χ1n) is 25.6. The van der Waals surface area contributed by atoms with Gasteiger partial charge in [-0.05, 0) is 137 Å². The Morgan fingerprint density at radius 3 is 1.20 bits per heavy atom. The molecule has 500 valence electrons. The van der Waals surface area contributed by atoms with Gasteiger partial charge < -0.3 is 58.6 Å². The maximum absolute atomic E-state index is 11.4. The molecular formula is C54H58CaCl5IN16O14S3. The Kier molecular flexibility index (Phi) is 32.3. The second-order valence-electron chi connectivity index (χ2n) is 18.9. The summed E-state index contributed by atoms with van der Waals surface area (Å²) in [4.78, 5) is 25.5. The van der Waals surface area contributed by atoms with Crippen LogP contribution >= 0.6 is 80.6 Å². The van der Waals surface area contributed by atoms with Crippen molar-refractivity contribution < 1.29 is 53.2 Å². The fourth-order valence-corrected chi connectivity index (χ4v) is 10.9. The van der Waals surface area contributed by atoms with Crippen molar-refractivity contribution in [2.45, 2.75) is 55.4 Å². The zero-order chi connectivity index (χ0) is 70.9. The van der Waals surface area contributed by atoms with Crippen LogP contribution in [0.15, 0.2) is 75.4 Å². The SMILES string of the molecule is CCl.CNc1c(Cl)cc(-c2c(C)noc2C)cc1[N+](=O)[O-].CNc1c(N)cc(-c2c(C)noc2C)cc1Cl.CS(=O)(=O)N=C=[N-].CS(=O)(=O)N=C=[N-].Cc1noc(C)c1-c1cc(Cl)c(I)c([N+](=O)[O-])c1.Cc1noc(C)c1-c1cc(Cl)c2c(c1)nc(NS(C)(=O)=O)n2C.[Ca+2]. The standard InChI is InChI=1S/C14H15ClN4O3S.C12H12ClN3O3.C12H14ClN3O.C11H8ClIN2O3.2C2H3N2O2S.CH3Cl.Ca/c1-7-12(8(2)22-17-7)9-5-10(15)13-11(6-9)16-14(19(13)3)18-23(4,20)21;1-6-11(7(2)19-15-6)8-4-9(13)12(14-3)10(5-8)16(17)18;1-6-11(7(2)17-16-6)8-4-9(13)12(15-3)10(14)5-8;1-5-10(6(2)18-14-5)7-3-8(12)11(13)9(4-7)15(16)17;2*1-7(5,6)4-2-3;1-2;/h5-6H,1-4H3,(H,16,18);4-5,14H,1-3H3;4-5,15H,14H2,1-3H3;3-4H,1-2H3;2*1H3;1H3;/q;;;;2*-1;;+2. The van der Waals surface area contributed by atoms with Crippen LogP contribution in [0.3, 0.4) is 0 Å². The van der Waals surface area contributed by atoms with E-state index in [0.717, 1.165) is 87.0 Å². The molecule has 0 aliphatic rings. The van der Waals surface area contributed by atoms with E-state index >= 15 is 0 Å². The first-order valence-corrected chi connectivity index (χ1v) is 34.6. The molecule has 0 bridgehead atoms. The van der Waals surface area contributed by atoms with Crippen molar-refractivity contribution in [1.29, 1.82) is 0 Å². The third-order valence-electron chi connectivity index (χ3n) is 12.0. The molecule has 0 aliphatic heterocycles. The second kappa shape index (κ2) is 36.4. The molecule has 5 heterocycles. The number of aromatic nitrogens is 6. The van der Waals surface area contributed by atoms with Crippen molar-refractivity contribution >= 4 is 206 Å². The van der Waals surface area contributed by atoms with Gasteiger partial charge in [-0.15, -0.1) is 23.6 Å². The summed E-state index contributed by atoms with van der Waals surface area (Å²) in [6, 6.07) is 15.9. The summed E-state index contributed by atoms with van der Waals surface area (Å²) in [5.41, 5.74) is 17.9. The van der Waals surface area contributed by atoms with Gasteiger partial charge in [0, 0.05) is 74.4 Å². The van der Waals surface area contributed by atoms with E-state index in [9.17, 15) is 45.5 Å². The van der Waals surface area contributed by atoms with Crippen molar-refractivity contribution in [3.63, 3.8) is 0 Å². The van der Waals surface area contributed by atoms with Gasteiger partial charge in [-0.2, -0.15) is 0 Å². The van der Waals surface area contributed by atoms with Crippen LogP contribution in [0.25, 0.3) is 66.4 Å². The topological polar surface area (TPSA) is 442 Å². The monoisotopic (exact) mass is 1590 g/mol. The number of benzene rings is 4. The Morgan fingerprint density at radius 2 is 0.904 bits per heavy atom. The summed E-state index contributed by atoms with van der Waals surface area (Å²) < 4.78 is 92.2. The van der Waals surface area contributed by atoms with Gasteiger partial charge in [0.05, 0.1) is 81.4 Å². The van der Waals surface area contributed by atoms with Crippen molar-refractivity contribution in [3.05, 3.63) is 149 Å². The molecule has 30 nitrogen and oxygen atoms in total. The van der Waals surface area contributed by atoms with Gasteiger partial charge in [0.1, 0.15) is 32.3 Å². The van der Waals surface area contributed by atoms with E-state index in [4.69, 9.17) is 81.0 Å². The summed E-state index contributed by atoms with van der Waals surface area (Å²) in [7, 11) is -5.18. The molecule has 0 amide bonds. The third kappa shape index (κ3) is 23.0. The van der Waals surface area contributed by atoms with Crippen LogP contribution in [0.4, 0.5) is 34.4 Å². The molecule has 5 aromatic heterocycles. The normalized spacial score (nSPS) is 10.6. The maximum Gasteiger partial charge on any atom is 2.00 e. The molecule has 9 rings (SSSR count). The molecule has 0 radical (unpaired) electrons. The molecule has 0 saturated heterocycles. The molecule has 0 aliphatic carbocycles. The van der Waals surface area contributed by atoms with E-state index in [-0.39, 0.29) is 60.1 Å². The van der Waals surface area contributed by atoms with Crippen LogP contribution in [-0.2, 0) is 37.1 Å². The predicted molar refractivity (Wildman–Crippen MR) is 377 cm³/mol. The molecule has 0 atom stereocenters. The van der Waals surface area contributed by atoms with Crippen LogP contribution in [-0.4, -0.2) is 154 Å². The number of nitrogen functional groups attached to an aromatic ring is 1. The van der Waals surface area contributed by atoms with Gasteiger partial charge in [0.2, 0.25) is 16.0 Å².